The molecule has 4 atom stereocenters. The minimum atomic E-state index is -1.06. The number of nitrogens with one attached hydrogen (secondary N) is 1. The van der Waals surface area contributed by atoms with Crippen molar-refractivity contribution >= 4 is 36.4 Å². The maximum Gasteiger partial charge on any atom is 1.00 e. The van der Waals surface area contributed by atoms with E-state index in [1.807, 2.05) is 20.1 Å². The fourth-order valence-electron chi connectivity index (χ4n) is 4.72. The first-order valence-corrected chi connectivity index (χ1v) is 17.6. The van der Waals surface area contributed by atoms with E-state index < -0.39 is 47.1 Å². The summed E-state index contributed by atoms with van der Waals surface area (Å²) >= 11 is 0. The third kappa shape index (κ3) is 28.0. The number of rotatable bonds is 3. The van der Waals surface area contributed by atoms with E-state index in [0.717, 1.165) is 32.2 Å². The van der Waals surface area contributed by atoms with Crippen molar-refractivity contribution in [3.05, 3.63) is 29.6 Å². The topological polar surface area (TPSA) is 238 Å². The van der Waals surface area contributed by atoms with Gasteiger partial charge < -0.3 is 49.6 Å². The summed E-state index contributed by atoms with van der Waals surface area (Å²) < 4.78 is 19.1. The summed E-state index contributed by atoms with van der Waals surface area (Å²) in [4.78, 5) is 71.5. The van der Waals surface area contributed by atoms with Gasteiger partial charge in [0.25, 0.3) is 0 Å². The minimum absolute atomic E-state index is 0. The van der Waals surface area contributed by atoms with E-state index >= 15 is 0 Å². The molecule has 0 aromatic carbocycles. The van der Waals surface area contributed by atoms with Crippen LogP contribution in [0.4, 0.5) is 14.4 Å². The van der Waals surface area contributed by atoms with Gasteiger partial charge in [0, 0.05) is 37.2 Å². The van der Waals surface area contributed by atoms with Crippen LogP contribution in [0.3, 0.4) is 0 Å². The van der Waals surface area contributed by atoms with Crippen LogP contribution in [0.2, 0.25) is 0 Å². The molecule has 3 heterocycles. The van der Waals surface area contributed by atoms with E-state index in [1.54, 1.807) is 94.5 Å². The number of likely N-dealkylation sites (tertiary alicyclic amines) is 1. The number of ether oxygens (including phenoxy) is 4. The van der Waals surface area contributed by atoms with Gasteiger partial charge >= 0.3 is 53.9 Å². The molecule has 2 aliphatic rings. The first-order valence-electron chi connectivity index (χ1n) is 17.6. The summed E-state index contributed by atoms with van der Waals surface area (Å²) in [6.07, 6.45) is 4.64. The van der Waals surface area contributed by atoms with Crippen LogP contribution in [0.15, 0.2) is 18.3 Å². The normalized spacial score (nSPS) is 18.9. The monoisotopic (exact) mass is 794 g/mol. The first-order chi connectivity index (χ1) is 24.3. The first kappa shape index (κ1) is 58.6. The van der Waals surface area contributed by atoms with Crippen LogP contribution >= 0.6 is 0 Å². The second-order valence-electron chi connectivity index (χ2n) is 15.3. The fraction of sp³-hybridized carbons (Fsp3) is 0.711. The van der Waals surface area contributed by atoms with Crippen LogP contribution < -0.4 is 34.9 Å². The van der Waals surface area contributed by atoms with Gasteiger partial charge in [0.2, 0.25) is 0 Å². The van der Waals surface area contributed by atoms with Gasteiger partial charge in [-0.1, -0.05) is 13.3 Å². The number of ketones is 1. The Morgan fingerprint density at radius 3 is 1.71 bits per heavy atom. The Kier molecular flexibility index (Phi) is 30.1. The molecule has 0 spiro atoms. The van der Waals surface area contributed by atoms with Crippen molar-refractivity contribution in [2.75, 3.05) is 20.2 Å². The molecule has 1 aromatic heterocycles. The third-order valence-electron chi connectivity index (χ3n) is 7.18. The predicted molar refractivity (Wildman–Crippen MR) is 201 cm³/mol. The van der Waals surface area contributed by atoms with E-state index in [1.165, 1.54) is 4.90 Å². The van der Waals surface area contributed by atoms with Gasteiger partial charge in [-0.05, 0) is 127 Å². The van der Waals surface area contributed by atoms with Crippen molar-refractivity contribution < 1.29 is 93.0 Å². The molecule has 312 valence electrons. The van der Waals surface area contributed by atoms with Crippen LogP contribution in [0.25, 0.3) is 0 Å². The molecule has 2 aliphatic heterocycles. The number of hydrogen-bond donors (Lipinski definition) is 3. The Labute approximate surface area is 349 Å². The third-order valence-corrected chi connectivity index (χ3v) is 7.18. The maximum atomic E-state index is 11.9. The molecule has 2 fully saturated rings. The van der Waals surface area contributed by atoms with E-state index in [2.05, 4.69) is 15.0 Å². The van der Waals surface area contributed by atoms with Crippen molar-refractivity contribution in [3.8, 4) is 0 Å². The number of aliphatic hydroxyl groups excluding tert-OH is 1. The van der Waals surface area contributed by atoms with Crippen molar-refractivity contribution in [1.29, 1.82) is 0 Å². The van der Waals surface area contributed by atoms with Crippen LogP contribution in [0, 0.1) is 18.8 Å². The van der Waals surface area contributed by atoms with Gasteiger partial charge in [-0.25, -0.2) is 14.4 Å². The SMILES string of the molecule is CC(=O)c1cccnc1C.CC(C)(C)OC(=O)OC(=O)OC(C)(C)C.CC1C(C(=O)O)CCCN1C(=O)OC(C)(C)C.CC1NCCCC1[C-]=O.CO.[Na+].[OH-]. The molecule has 3 rings (SSSR count). The van der Waals surface area contributed by atoms with Crippen molar-refractivity contribution in [2.45, 2.75) is 145 Å². The van der Waals surface area contributed by atoms with Gasteiger partial charge in [0.15, 0.2) is 5.78 Å². The van der Waals surface area contributed by atoms with Gasteiger partial charge in [0.05, 0.1) is 5.92 Å². The Hall–Kier alpha value is -3.15. The summed E-state index contributed by atoms with van der Waals surface area (Å²) in [6.45, 7) is 24.2. The number of Topliss-reactive ketones (excluding diaryl/α,β-unsaturated/α-hetero) is 1. The standard InChI is InChI=1S/C12H21NO4.C10H18O5.C8H9NO.C7H12NO.CH4O.Na.H2O/c1-8-9(10(14)15)6-5-7-13(8)11(16)17-12(2,3)4;1-9(2,3)14-7(11)13-8(12)15-10(4,5)6;1-6-8(7(2)10)4-3-5-9-6;1-6-7(5-9)3-2-4-8-6;1-2;;/h8-9H,5-7H2,1-4H3,(H,14,15);1-6H3;3-5H,1-2H3;6-8H,2-4H2,1H3;2H,1H3;;1H2/q;;;-1;;+1;/p-1. The zero-order valence-electron chi connectivity index (χ0n) is 35.6. The molecule has 0 radical (unpaired) electrons. The molecule has 1 amide bonds. The summed E-state index contributed by atoms with van der Waals surface area (Å²) in [6, 6.07) is 3.58. The van der Waals surface area contributed by atoms with E-state index in [0.29, 0.717) is 31.0 Å². The van der Waals surface area contributed by atoms with Crippen LogP contribution in [-0.2, 0) is 28.5 Å². The summed E-state index contributed by atoms with van der Waals surface area (Å²) in [5, 5.41) is 19.3. The smallest absolute Gasteiger partial charge is 0.870 e. The molecule has 16 nitrogen and oxygen atoms in total. The van der Waals surface area contributed by atoms with Crippen LogP contribution in [0.1, 0.15) is 125 Å². The quantitative estimate of drug-likeness (QED) is 0.0992. The number of carboxylic acids is 1. The number of aryl methyl sites for hydroxylation is 1. The molecule has 0 aliphatic carbocycles. The van der Waals surface area contributed by atoms with Gasteiger partial charge in [0.1, 0.15) is 16.8 Å². The average molecular weight is 795 g/mol. The zero-order valence-corrected chi connectivity index (χ0v) is 37.6. The predicted octanol–water partition coefficient (Wildman–Crippen LogP) is 3.49. The minimum Gasteiger partial charge on any atom is -0.870 e. The number of amides is 1. The number of nitrogens with zero attached hydrogens (tertiary/aromatic N) is 2. The molecular weight excluding hydrogens is 729 g/mol. The van der Waals surface area contributed by atoms with Crippen LogP contribution in [-0.4, -0.2) is 111 Å². The summed E-state index contributed by atoms with van der Waals surface area (Å²) in [5.74, 6) is -1.12. The van der Waals surface area contributed by atoms with E-state index in [-0.39, 0.29) is 52.8 Å². The second-order valence-corrected chi connectivity index (χ2v) is 15.3. The van der Waals surface area contributed by atoms with E-state index in [4.69, 9.17) is 24.4 Å². The number of carbonyl (C=O) groups excluding carboxylic acids is 5. The average Bonchev–Trinajstić information content (AvgIpc) is 3.00. The Bertz CT molecular complexity index is 1280. The molecule has 55 heavy (non-hydrogen) atoms. The Balaban J connectivity index is -0.000000315. The number of carboxylic acid groups (broad SMARTS) is 1. The number of carbonyl (C=O) groups is 5. The van der Waals surface area contributed by atoms with Crippen molar-refractivity contribution in [3.63, 3.8) is 0 Å². The number of aliphatic carboxylic acids is 1. The van der Waals surface area contributed by atoms with Gasteiger partial charge in [-0.3, -0.25) is 20.9 Å². The summed E-state index contributed by atoms with van der Waals surface area (Å²) in [7, 11) is 1.00. The number of piperidine rings is 2. The molecule has 4 unspecified atom stereocenters. The number of aliphatic hydroxyl groups is 1. The van der Waals surface area contributed by atoms with E-state index in [9.17, 15) is 28.8 Å². The Morgan fingerprint density at radius 2 is 1.36 bits per heavy atom. The van der Waals surface area contributed by atoms with Crippen LogP contribution in [0.5, 0.6) is 0 Å². The molecule has 0 bridgehead atoms. The summed E-state index contributed by atoms with van der Waals surface area (Å²) in [5.41, 5.74) is -0.428. The molecule has 0 saturated carbocycles. The molecule has 2 saturated heterocycles. The molecule has 17 heteroatoms. The Morgan fingerprint density at radius 1 is 0.873 bits per heavy atom. The van der Waals surface area contributed by atoms with Gasteiger partial charge in [-0.2, -0.15) is 0 Å². The van der Waals surface area contributed by atoms with Crippen molar-refractivity contribution in [2.24, 2.45) is 11.8 Å². The molecule has 1 aromatic rings. The maximum absolute atomic E-state index is 11.9. The number of aromatic nitrogens is 1. The second kappa shape index (κ2) is 28.3. The number of pyridine rings is 1. The zero-order chi connectivity index (χ0) is 41.7. The fourth-order valence-corrected chi connectivity index (χ4v) is 4.72. The molecule has 4 N–H and O–H groups in total. The largest absolute Gasteiger partial charge is 1.00 e. The molecular formula is C38H65N3NaO13-. The number of hydrogen-bond acceptors (Lipinski definition) is 14. The van der Waals surface area contributed by atoms with Gasteiger partial charge in [-0.15, -0.1) is 5.92 Å². The van der Waals surface area contributed by atoms with Crippen molar-refractivity contribution in [1.82, 2.24) is 15.2 Å².